The number of rotatable bonds is 8. The third-order valence-corrected chi connectivity index (χ3v) is 4.13. The van der Waals surface area contributed by atoms with Crippen LogP contribution in [-0.4, -0.2) is 24.9 Å². The van der Waals surface area contributed by atoms with Gasteiger partial charge in [0.05, 0.1) is 24.7 Å². The molecule has 146 valence electrons. The molecule has 0 radical (unpaired) electrons. The molecule has 0 spiro atoms. The summed E-state index contributed by atoms with van der Waals surface area (Å²) in [5.74, 6) is 0.859. The van der Waals surface area contributed by atoms with Crippen molar-refractivity contribution in [3.63, 3.8) is 0 Å². The van der Waals surface area contributed by atoms with Crippen molar-refractivity contribution in [2.24, 2.45) is 0 Å². The predicted molar refractivity (Wildman–Crippen MR) is 109 cm³/mol. The highest BCUT2D eigenvalue weighted by molar-refractivity contribution is 6.09. The molecular weight excluding hydrogens is 358 g/mol. The summed E-state index contributed by atoms with van der Waals surface area (Å²) in [4.78, 5) is 23.0. The zero-order chi connectivity index (χ0) is 20.7. The van der Waals surface area contributed by atoms with Gasteiger partial charge in [0.2, 0.25) is 0 Å². The van der Waals surface area contributed by atoms with Crippen LogP contribution in [0.3, 0.4) is 0 Å². The van der Waals surface area contributed by atoms with Crippen LogP contribution < -0.4 is 9.47 Å². The quantitative estimate of drug-likeness (QED) is 0.211. The van der Waals surface area contributed by atoms with Gasteiger partial charge >= 0.3 is 0 Å². The number of methoxy groups -OCH3 is 2. The second kappa shape index (κ2) is 9.50. The minimum Gasteiger partial charge on any atom is -0.496 e. The summed E-state index contributed by atoms with van der Waals surface area (Å²) in [5.41, 5.74) is 3.18. The number of allylic oxidation sites excluding steroid dienone is 3. The number of benzene rings is 2. The molecule has 0 unspecified atom stereocenters. The fourth-order valence-corrected chi connectivity index (χ4v) is 2.60. The minimum absolute atomic E-state index is 0.00390. The maximum Gasteiger partial charge on any atom is 0.269 e. The van der Waals surface area contributed by atoms with Crippen LogP contribution in [-0.2, 0) is 6.42 Å². The number of hydrogen-bond acceptors (Lipinski definition) is 5. The Kier molecular flexibility index (Phi) is 7.09. The van der Waals surface area contributed by atoms with Crippen molar-refractivity contribution in [2.75, 3.05) is 14.2 Å². The van der Waals surface area contributed by atoms with Gasteiger partial charge in [0.1, 0.15) is 11.5 Å². The van der Waals surface area contributed by atoms with E-state index in [2.05, 4.69) is 6.08 Å². The topological polar surface area (TPSA) is 78.7 Å². The van der Waals surface area contributed by atoms with Crippen molar-refractivity contribution in [3.05, 3.63) is 80.9 Å². The van der Waals surface area contributed by atoms with Gasteiger partial charge in [0.15, 0.2) is 5.78 Å². The van der Waals surface area contributed by atoms with E-state index in [4.69, 9.17) is 9.47 Å². The smallest absolute Gasteiger partial charge is 0.269 e. The number of nitro groups is 1. The Hall–Kier alpha value is -3.41. The molecule has 2 rings (SSSR count). The van der Waals surface area contributed by atoms with E-state index >= 15 is 0 Å². The predicted octanol–water partition coefficient (Wildman–Crippen LogP) is 5.02. The van der Waals surface area contributed by atoms with Gasteiger partial charge in [-0.15, -0.1) is 0 Å². The van der Waals surface area contributed by atoms with E-state index in [1.54, 1.807) is 37.5 Å². The van der Waals surface area contributed by atoms with Crippen molar-refractivity contribution in [1.29, 1.82) is 0 Å². The van der Waals surface area contributed by atoms with Gasteiger partial charge in [0.25, 0.3) is 5.69 Å². The van der Waals surface area contributed by atoms with Crippen molar-refractivity contribution < 1.29 is 19.2 Å². The zero-order valence-corrected chi connectivity index (χ0v) is 16.4. The zero-order valence-electron chi connectivity index (χ0n) is 16.4. The largest absolute Gasteiger partial charge is 0.496 e. The number of ketones is 1. The first-order valence-corrected chi connectivity index (χ1v) is 8.70. The molecule has 0 aliphatic heterocycles. The van der Waals surface area contributed by atoms with Crippen molar-refractivity contribution in [1.82, 2.24) is 0 Å². The molecule has 2 aromatic rings. The Bertz CT molecular complexity index is 923. The molecule has 28 heavy (non-hydrogen) atoms. The van der Waals surface area contributed by atoms with Gasteiger partial charge in [-0.05, 0) is 55.7 Å². The summed E-state index contributed by atoms with van der Waals surface area (Å²) >= 11 is 0. The third-order valence-electron chi connectivity index (χ3n) is 4.13. The fourth-order valence-electron chi connectivity index (χ4n) is 2.60. The summed E-state index contributed by atoms with van der Waals surface area (Å²) in [6, 6.07) is 9.47. The maximum atomic E-state index is 12.7. The normalized spacial score (nSPS) is 10.6. The van der Waals surface area contributed by atoms with Crippen LogP contribution in [0.4, 0.5) is 5.69 Å². The standard InChI is InChI=1S/C22H23NO5/c1-15(2)5-9-17-13-19(22(28-4)14-21(17)27-3)20(24)12-8-16-6-10-18(11-7-16)23(25)26/h5-8,10-14H,9H2,1-4H3/b12-8+. The molecular formula is C22H23NO5. The molecule has 2 aromatic carbocycles. The first-order valence-electron chi connectivity index (χ1n) is 8.70. The molecule has 0 aliphatic rings. The molecule has 0 atom stereocenters. The summed E-state index contributed by atoms with van der Waals surface area (Å²) in [5, 5.41) is 10.7. The molecule has 0 amide bonds. The lowest BCUT2D eigenvalue weighted by molar-refractivity contribution is -0.384. The number of carbonyl (C=O) groups excluding carboxylic acids is 1. The van der Waals surface area contributed by atoms with E-state index in [1.807, 2.05) is 13.8 Å². The van der Waals surface area contributed by atoms with Crippen LogP contribution in [0, 0.1) is 10.1 Å². The van der Waals surface area contributed by atoms with E-state index in [0.717, 1.165) is 5.56 Å². The number of nitrogens with zero attached hydrogens (tertiary/aromatic N) is 1. The Morgan fingerprint density at radius 2 is 1.71 bits per heavy atom. The van der Waals surface area contributed by atoms with Crippen LogP contribution >= 0.6 is 0 Å². The van der Waals surface area contributed by atoms with Crippen molar-refractivity contribution in [3.8, 4) is 11.5 Å². The molecule has 0 heterocycles. The van der Waals surface area contributed by atoms with Crippen LogP contribution in [0.5, 0.6) is 11.5 Å². The number of nitro benzene ring substituents is 1. The summed E-state index contributed by atoms with van der Waals surface area (Å²) in [7, 11) is 3.08. The lowest BCUT2D eigenvalue weighted by Crippen LogP contribution is -2.02. The monoisotopic (exact) mass is 381 g/mol. The molecule has 0 saturated carbocycles. The Morgan fingerprint density at radius 3 is 2.25 bits per heavy atom. The highest BCUT2D eigenvalue weighted by Crippen LogP contribution is 2.30. The van der Waals surface area contributed by atoms with Crippen LogP contribution in [0.25, 0.3) is 6.08 Å². The number of hydrogen-bond donors (Lipinski definition) is 0. The fraction of sp³-hybridized carbons (Fsp3) is 0.227. The molecule has 0 bridgehead atoms. The van der Waals surface area contributed by atoms with Crippen LogP contribution in [0.2, 0.25) is 0 Å². The van der Waals surface area contributed by atoms with Gasteiger partial charge in [-0.25, -0.2) is 0 Å². The van der Waals surface area contributed by atoms with Gasteiger partial charge in [-0.2, -0.15) is 0 Å². The van der Waals surface area contributed by atoms with Gasteiger partial charge < -0.3 is 9.47 Å². The second-order valence-electron chi connectivity index (χ2n) is 6.40. The summed E-state index contributed by atoms with van der Waals surface area (Å²) < 4.78 is 10.8. The third kappa shape index (κ3) is 5.30. The summed E-state index contributed by atoms with van der Waals surface area (Å²) in [6.45, 7) is 4.02. The lowest BCUT2D eigenvalue weighted by Gasteiger charge is -2.13. The van der Waals surface area contributed by atoms with E-state index < -0.39 is 4.92 Å². The van der Waals surface area contributed by atoms with Crippen molar-refractivity contribution >= 4 is 17.5 Å². The Balaban J connectivity index is 2.33. The van der Waals surface area contributed by atoms with Crippen LogP contribution in [0.1, 0.15) is 35.3 Å². The molecule has 0 aliphatic carbocycles. The van der Waals surface area contributed by atoms with Crippen LogP contribution in [0.15, 0.2) is 54.1 Å². The molecule has 0 fully saturated rings. The first-order chi connectivity index (χ1) is 13.3. The summed E-state index contributed by atoms with van der Waals surface area (Å²) in [6.07, 6.45) is 5.74. The van der Waals surface area contributed by atoms with E-state index in [0.29, 0.717) is 29.0 Å². The Labute approximate surface area is 164 Å². The highest BCUT2D eigenvalue weighted by Gasteiger charge is 2.15. The highest BCUT2D eigenvalue weighted by atomic mass is 16.6. The Morgan fingerprint density at radius 1 is 1.07 bits per heavy atom. The lowest BCUT2D eigenvalue weighted by atomic mass is 10.0. The first kappa shape index (κ1) is 20.9. The second-order valence-corrected chi connectivity index (χ2v) is 6.40. The minimum atomic E-state index is -0.463. The SMILES string of the molecule is COc1cc(OC)c(C(=O)/C=C/c2ccc([N+](=O)[O-])cc2)cc1CC=C(C)C. The van der Waals surface area contributed by atoms with Crippen molar-refractivity contribution in [2.45, 2.75) is 20.3 Å². The van der Waals surface area contributed by atoms with E-state index in [-0.39, 0.29) is 11.5 Å². The number of ether oxygens (including phenoxy) is 2. The molecule has 6 heteroatoms. The molecule has 0 saturated heterocycles. The number of carbonyl (C=O) groups is 1. The van der Waals surface area contributed by atoms with Gasteiger partial charge in [-0.3, -0.25) is 14.9 Å². The number of non-ortho nitro benzene ring substituents is 1. The van der Waals surface area contributed by atoms with E-state index in [1.165, 1.54) is 30.9 Å². The van der Waals surface area contributed by atoms with Gasteiger partial charge in [-0.1, -0.05) is 17.7 Å². The average Bonchev–Trinajstić information content (AvgIpc) is 2.69. The molecule has 6 nitrogen and oxygen atoms in total. The maximum absolute atomic E-state index is 12.7. The average molecular weight is 381 g/mol. The van der Waals surface area contributed by atoms with Gasteiger partial charge in [0, 0.05) is 18.2 Å². The molecule has 0 N–H and O–H groups in total. The molecule has 0 aromatic heterocycles. The van der Waals surface area contributed by atoms with E-state index in [9.17, 15) is 14.9 Å².